The van der Waals surface area contributed by atoms with Crippen molar-refractivity contribution in [3.05, 3.63) is 21.1 Å². The number of anilines is 1. The second-order valence-electron chi connectivity index (χ2n) is 6.42. The summed E-state index contributed by atoms with van der Waals surface area (Å²) in [5.41, 5.74) is 0.234. The second kappa shape index (κ2) is 5.90. The van der Waals surface area contributed by atoms with Crippen molar-refractivity contribution in [1.29, 1.82) is 0 Å². The molecule has 0 radical (unpaired) electrons. The average Bonchev–Trinajstić information content (AvgIpc) is 2.83. The molecule has 1 aliphatic rings. The van der Waals surface area contributed by atoms with Crippen molar-refractivity contribution in [2.45, 2.75) is 39.3 Å². The van der Waals surface area contributed by atoms with Crippen molar-refractivity contribution in [3.8, 4) is 0 Å². The van der Waals surface area contributed by atoms with Gasteiger partial charge < -0.3 is 10.0 Å². The van der Waals surface area contributed by atoms with E-state index in [1.165, 1.54) is 17.4 Å². The van der Waals surface area contributed by atoms with E-state index in [1.807, 2.05) is 0 Å². The molecule has 1 N–H and O–H groups in total. The highest BCUT2D eigenvalue weighted by atomic mass is 32.1. The molecule has 118 valence electrons. The van der Waals surface area contributed by atoms with Gasteiger partial charge in [-0.05, 0) is 27.7 Å². The van der Waals surface area contributed by atoms with Gasteiger partial charge in [0.1, 0.15) is 0 Å². The number of hydrogen-bond donors (Lipinski definition) is 1. The number of piperazine rings is 1. The van der Waals surface area contributed by atoms with Crippen molar-refractivity contribution in [3.63, 3.8) is 0 Å². The summed E-state index contributed by atoms with van der Waals surface area (Å²) in [5.74, 6) is 0. The van der Waals surface area contributed by atoms with Crippen LogP contribution in [-0.2, 0) is 0 Å². The zero-order valence-electron chi connectivity index (χ0n) is 13.0. The van der Waals surface area contributed by atoms with Gasteiger partial charge in [0.2, 0.25) is 0 Å². The standard InChI is InChI=1S/C14H23N3O3S/c1-10(18)12-9-11(17(19)20)13(21-12)15-5-7-16(8-6-15)14(2,3)4/h9-10,18H,5-8H2,1-4H3/t10-/m1/s1. The van der Waals surface area contributed by atoms with Crippen molar-refractivity contribution >= 4 is 22.0 Å². The predicted octanol–water partition coefficient (Wildman–Crippen LogP) is 2.63. The first kappa shape index (κ1) is 16.2. The van der Waals surface area contributed by atoms with Crippen LogP contribution in [0.25, 0.3) is 0 Å². The zero-order valence-corrected chi connectivity index (χ0v) is 13.8. The first-order valence-electron chi connectivity index (χ1n) is 7.16. The lowest BCUT2D eigenvalue weighted by Crippen LogP contribution is -2.53. The average molecular weight is 313 g/mol. The summed E-state index contributed by atoms with van der Waals surface area (Å²) in [4.78, 5) is 16.0. The molecular formula is C14H23N3O3S. The Hall–Kier alpha value is -1.18. The highest BCUT2D eigenvalue weighted by Crippen LogP contribution is 2.40. The van der Waals surface area contributed by atoms with Gasteiger partial charge in [0.05, 0.1) is 11.0 Å². The van der Waals surface area contributed by atoms with E-state index in [0.29, 0.717) is 9.88 Å². The zero-order chi connectivity index (χ0) is 15.8. The molecule has 0 spiro atoms. The second-order valence-corrected chi connectivity index (χ2v) is 7.48. The smallest absolute Gasteiger partial charge is 0.304 e. The highest BCUT2D eigenvalue weighted by molar-refractivity contribution is 7.16. The summed E-state index contributed by atoms with van der Waals surface area (Å²) in [6, 6.07) is 1.50. The summed E-state index contributed by atoms with van der Waals surface area (Å²) in [6.07, 6.45) is -0.668. The molecule has 2 rings (SSSR count). The van der Waals surface area contributed by atoms with E-state index in [-0.39, 0.29) is 16.1 Å². The fourth-order valence-corrected chi connectivity index (χ4v) is 3.65. The van der Waals surface area contributed by atoms with Crippen LogP contribution in [0.5, 0.6) is 0 Å². The van der Waals surface area contributed by atoms with Crippen LogP contribution in [0.15, 0.2) is 6.07 Å². The number of aliphatic hydroxyl groups is 1. The number of aliphatic hydroxyl groups excluding tert-OH is 1. The SMILES string of the molecule is C[C@@H](O)c1cc([N+](=O)[O-])c(N2CCN(C(C)(C)C)CC2)s1. The molecule has 0 bridgehead atoms. The molecule has 1 aliphatic heterocycles. The molecule has 1 atom stereocenters. The van der Waals surface area contributed by atoms with E-state index in [9.17, 15) is 15.2 Å². The first-order chi connectivity index (χ1) is 9.70. The van der Waals surface area contributed by atoms with Gasteiger partial charge in [0.25, 0.3) is 0 Å². The third kappa shape index (κ3) is 3.53. The minimum absolute atomic E-state index is 0.111. The molecule has 0 amide bonds. The quantitative estimate of drug-likeness (QED) is 0.686. The monoisotopic (exact) mass is 313 g/mol. The first-order valence-corrected chi connectivity index (χ1v) is 7.98. The molecule has 21 heavy (non-hydrogen) atoms. The van der Waals surface area contributed by atoms with Crippen molar-refractivity contribution < 1.29 is 10.0 Å². The van der Waals surface area contributed by atoms with Gasteiger partial charge in [0, 0.05) is 42.7 Å². The van der Waals surface area contributed by atoms with Gasteiger partial charge >= 0.3 is 5.69 Å². The van der Waals surface area contributed by atoms with E-state index >= 15 is 0 Å². The maximum atomic E-state index is 11.2. The number of thiophene rings is 1. The van der Waals surface area contributed by atoms with E-state index in [0.717, 1.165) is 26.2 Å². The number of rotatable bonds is 3. The summed E-state index contributed by atoms with van der Waals surface area (Å²) >= 11 is 1.33. The summed E-state index contributed by atoms with van der Waals surface area (Å²) in [7, 11) is 0. The topological polar surface area (TPSA) is 69.8 Å². The summed E-state index contributed by atoms with van der Waals surface area (Å²) in [5, 5.41) is 21.5. The Bertz CT molecular complexity index is 514. The molecule has 0 aromatic carbocycles. The fraction of sp³-hybridized carbons (Fsp3) is 0.714. The maximum absolute atomic E-state index is 11.2. The lowest BCUT2D eigenvalue weighted by molar-refractivity contribution is -0.383. The largest absolute Gasteiger partial charge is 0.388 e. The lowest BCUT2D eigenvalue weighted by atomic mass is 10.1. The normalized spacial score (nSPS) is 18.8. The highest BCUT2D eigenvalue weighted by Gasteiger charge is 2.30. The van der Waals surface area contributed by atoms with Crippen LogP contribution in [-0.4, -0.2) is 46.6 Å². The van der Waals surface area contributed by atoms with Crippen LogP contribution >= 0.6 is 11.3 Å². The third-order valence-corrected chi connectivity index (χ3v) is 5.19. The molecule has 2 heterocycles. The minimum atomic E-state index is -0.668. The Balaban J connectivity index is 2.18. The van der Waals surface area contributed by atoms with Crippen LogP contribution < -0.4 is 4.90 Å². The Morgan fingerprint density at radius 1 is 1.33 bits per heavy atom. The van der Waals surface area contributed by atoms with Crippen LogP contribution in [0.3, 0.4) is 0 Å². The van der Waals surface area contributed by atoms with Crippen LogP contribution in [0.2, 0.25) is 0 Å². The molecule has 1 fully saturated rings. The molecule has 0 saturated carbocycles. The summed E-state index contributed by atoms with van der Waals surface area (Å²) in [6.45, 7) is 11.5. The molecule has 1 aromatic rings. The Labute approximate surface area is 129 Å². The lowest BCUT2D eigenvalue weighted by Gasteiger charge is -2.42. The van der Waals surface area contributed by atoms with Crippen molar-refractivity contribution in [2.75, 3.05) is 31.1 Å². The Morgan fingerprint density at radius 3 is 2.33 bits per heavy atom. The van der Waals surface area contributed by atoms with Gasteiger partial charge in [-0.2, -0.15) is 0 Å². The molecule has 7 heteroatoms. The fourth-order valence-electron chi connectivity index (χ4n) is 2.53. The molecular weight excluding hydrogens is 290 g/mol. The predicted molar refractivity (Wildman–Crippen MR) is 85.1 cm³/mol. The molecule has 0 aliphatic carbocycles. The van der Waals surface area contributed by atoms with Gasteiger partial charge in [0.15, 0.2) is 5.00 Å². The Kier molecular flexibility index (Phi) is 4.55. The van der Waals surface area contributed by atoms with Gasteiger partial charge in [-0.1, -0.05) is 0 Å². The van der Waals surface area contributed by atoms with Crippen LogP contribution in [0.4, 0.5) is 10.7 Å². The van der Waals surface area contributed by atoms with Gasteiger partial charge in [-0.15, -0.1) is 11.3 Å². The van der Waals surface area contributed by atoms with Crippen molar-refractivity contribution in [2.24, 2.45) is 0 Å². The minimum Gasteiger partial charge on any atom is -0.388 e. The van der Waals surface area contributed by atoms with Gasteiger partial charge in [-0.3, -0.25) is 15.0 Å². The van der Waals surface area contributed by atoms with E-state index in [1.54, 1.807) is 6.92 Å². The van der Waals surface area contributed by atoms with E-state index in [4.69, 9.17) is 0 Å². The molecule has 6 nitrogen and oxygen atoms in total. The number of nitro groups is 1. The Morgan fingerprint density at radius 2 is 1.90 bits per heavy atom. The molecule has 0 unspecified atom stereocenters. The van der Waals surface area contributed by atoms with Crippen LogP contribution in [0.1, 0.15) is 38.7 Å². The van der Waals surface area contributed by atoms with Gasteiger partial charge in [-0.25, -0.2) is 0 Å². The molecule has 1 aromatic heterocycles. The summed E-state index contributed by atoms with van der Waals surface area (Å²) < 4.78 is 0. The van der Waals surface area contributed by atoms with E-state index < -0.39 is 6.10 Å². The number of nitrogens with zero attached hydrogens (tertiary/aromatic N) is 3. The maximum Gasteiger partial charge on any atom is 0.304 e. The van der Waals surface area contributed by atoms with E-state index in [2.05, 4.69) is 30.6 Å². The molecule has 1 saturated heterocycles. The van der Waals surface area contributed by atoms with Crippen LogP contribution in [0, 0.1) is 10.1 Å². The number of hydrogen-bond acceptors (Lipinski definition) is 6. The van der Waals surface area contributed by atoms with Crippen molar-refractivity contribution in [1.82, 2.24) is 4.90 Å². The third-order valence-electron chi connectivity index (χ3n) is 3.84.